The average Bonchev–Trinajstić information content (AvgIpc) is 3.49. The van der Waals surface area contributed by atoms with Gasteiger partial charge in [0.2, 0.25) is 0 Å². The Labute approximate surface area is 186 Å². The molecule has 0 unspecified atom stereocenters. The Hall–Kier alpha value is -2.90. The first kappa shape index (κ1) is 21.3. The molecule has 7 heteroatoms. The van der Waals surface area contributed by atoms with E-state index in [1.807, 2.05) is 60.8 Å². The molecule has 1 atom stereocenters. The van der Waals surface area contributed by atoms with Crippen LogP contribution in [0, 0.1) is 6.92 Å². The highest BCUT2D eigenvalue weighted by Crippen LogP contribution is 2.30. The molecule has 1 aromatic heterocycles. The lowest BCUT2D eigenvalue weighted by Crippen LogP contribution is -2.40. The Kier molecular flexibility index (Phi) is 6.84. The molecule has 6 nitrogen and oxygen atoms in total. The number of carbonyl (C=O) groups excluding carboxylic acids is 1. The SMILES string of the molecule is COc1ccc(-c2csc(N(C[C@@H]3CCCO3)C(=O)COc3ccccc3C)n2)cc1. The fourth-order valence-electron chi connectivity index (χ4n) is 3.50. The number of aromatic nitrogens is 1. The molecule has 4 rings (SSSR count). The van der Waals surface area contributed by atoms with Crippen molar-refractivity contribution in [3.05, 3.63) is 59.5 Å². The van der Waals surface area contributed by atoms with Crippen molar-refractivity contribution in [3.63, 3.8) is 0 Å². The molecule has 2 heterocycles. The first-order valence-electron chi connectivity index (χ1n) is 10.3. The van der Waals surface area contributed by atoms with Crippen LogP contribution in [0.25, 0.3) is 11.3 Å². The number of aryl methyl sites for hydroxylation is 1. The minimum atomic E-state index is -0.130. The highest BCUT2D eigenvalue weighted by atomic mass is 32.1. The van der Waals surface area contributed by atoms with Crippen molar-refractivity contribution in [1.82, 2.24) is 4.98 Å². The number of thiazole rings is 1. The van der Waals surface area contributed by atoms with Crippen LogP contribution in [-0.4, -0.2) is 43.9 Å². The van der Waals surface area contributed by atoms with E-state index in [4.69, 9.17) is 19.2 Å². The summed E-state index contributed by atoms with van der Waals surface area (Å²) in [6.07, 6.45) is 1.98. The third-order valence-corrected chi connectivity index (χ3v) is 6.13. The van der Waals surface area contributed by atoms with Crippen LogP contribution in [0.5, 0.6) is 11.5 Å². The minimum absolute atomic E-state index is 0.0238. The van der Waals surface area contributed by atoms with E-state index < -0.39 is 0 Å². The van der Waals surface area contributed by atoms with Gasteiger partial charge in [-0.25, -0.2) is 4.98 Å². The highest BCUT2D eigenvalue weighted by Gasteiger charge is 2.26. The van der Waals surface area contributed by atoms with Crippen LogP contribution in [0.3, 0.4) is 0 Å². The van der Waals surface area contributed by atoms with Gasteiger partial charge in [-0.05, 0) is 55.7 Å². The van der Waals surface area contributed by atoms with Gasteiger partial charge in [0.15, 0.2) is 11.7 Å². The van der Waals surface area contributed by atoms with Crippen molar-refractivity contribution in [2.75, 3.05) is 31.8 Å². The Morgan fingerprint density at radius 1 is 1.23 bits per heavy atom. The van der Waals surface area contributed by atoms with Crippen LogP contribution in [-0.2, 0) is 9.53 Å². The van der Waals surface area contributed by atoms with Crippen LogP contribution in [0.1, 0.15) is 18.4 Å². The molecule has 2 aromatic carbocycles. The van der Waals surface area contributed by atoms with Gasteiger partial charge in [0, 0.05) is 17.6 Å². The number of hydrogen-bond acceptors (Lipinski definition) is 6. The minimum Gasteiger partial charge on any atom is -0.497 e. The first-order valence-corrected chi connectivity index (χ1v) is 11.2. The molecule has 1 aliphatic heterocycles. The van der Waals surface area contributed by atoms with Crippen LogP contribution in [0.15, 0.2) is 53.9 Å². The van der Waals surface area contributed by atoms with E-state index in [9.17, 15) is 4.79 Å². The molecule has 1 amide bonds. The lowest BCUT2D eigenvalue weighted by atomic mass is 10.2. The normalized spacial score (nSPS) is 15.6. The molecule has 3 aromatic rings. The molecule has 0 bridgehead atoms. The Morgan fingerprint density at radius 2 is 2.03 bits per heavy atom. The number of methoxy groups -OCH3 is 1. The van der Waals surface area contributed by atoms with Crippen molar-refractivity contribution in [3.8, 4) is 22.8 Å². The lowest BCUT2D eigenvalue weighted by Gasteiger charge is -2.23. The fraction of sp³-hybridized carbons (Fsp3) is 0.333. The summed E-state index contributed by atoms with van der Waals surface area (Å²) in [7, 11) is 1.64. The highest BCUT2D eigenvalue weighted by molar-refractivity contribution is 7.14. The quantitative estimate of drug-likeness (QED) is 0.509. The largest absolute Gasteiger partial charge is 0.497 e. The van der Waals surface area contributed by atoms with Crippen molar-refractivity contribution >= 4 is 22.4 Å². The first-order chi connectivity index (χ1) is 15.1. The second-order valence-corrected chi connectivity index (χ2v) is 8.27. The Bertz CT molecular complexity index is 1010. The van der Waals surface area contributed by atoms with Gasteiger partial charge in [0.1, 0.15) is 11.5 Å². The summed E-state index contributed by atoms with van der Waals surface area (Å²) < 4.78 is 16.8. The van der Waals surface area contributed by atoms with Crippen molar-refractivity contribution in [2.45, 2.75) is 25.9 Å². The van der Waals surface area contributed by atoms with Gasteiger partial charge in [0.25, 0.3) is 5.91 Å². The maximum absolute atomic E-state index is 13.1. The van der Waals surface area contributed by atoms with Gasteiger partial charge in [-0.1, -0.05) is 18.2 Å². The maximum Gasteiger partial charge on any atom is 0.266 e. The summed E-state index contributed by atoms with van der Waals surface area (Å²) in [5.41, 5.74) is 2.80. The van der Waals surface area contributed by atoms with Gasteiger partial charge in [-0.3, -0.25) is 9.69 Å². The van der Waals surface area contributed by atoms with Gasteiger partial charge >= 0.3 is 0 Å². The summed E-state index contributed by atoms with van der Waals surface area (Å²) in [4.78, 5) is 19.6. The predicted octanol–water partition coefficient (Wildman–Crippen LogP) is 4.72. The molecule has 1 fully saturated rings. The van der Waals surface area contributed by atoms with E-state index in [2.05, 4.69) is 0 Å². The number of amides is 1. The van der Waals surface area contributed by atoms with E-state index in [0.29, 0.717) is 17.4 Å². The smallest absolute Gasteiger partial charge is 0.266 e. The number of ether oxygens (including phenoxy) is 3. The molecular formula is C24H26N2O4S. The number of nitrogens with zero attached hydrogens (tertiary/aromatic N) is 2. The van der Waals surface area contributed by atoms with Crippen LogP contribution < -0.4 is 14.4 Å². The van der Waals surface area contributed by atoms with E-state index in [-0.39, 0.29) is 18.6 Å². The standard InChI is InChI=1S/C24H26N2O4S/c1-17-6-3-4-8-22(17)30-15-23(27)26(14-20-7-5-13-29-20)24-25-21(16-31-24)18-9-11-19(28-2)12-10-18/h3-4,6,8-12,16,20H,5,7,13-15H2,1-2H3/t20-/m0/s1. The van der Waals surface area contributed by atoms with E-state index in [0.717, 1.165) is 42.0 Å². The summed E-state index contributed by atoms with van der Waals surface area (Å²) >= 11 is 1.45. The molecule has 0 N–H and O–H groups in total. The van der Waals surface area contributed by atoms with Crippen molar-refractivity contribution in [2.24, 2.45) is 0 Å². The molecule has 0 aliphatic carbocycles. The topological polar surface area (TPSA) is 60.9 Å². The summed E-state index contributed by atoms with van der Waals surface area (Å²) in [6.45, 7) is 3.13. The Balaban J connectivity index is 1.52. The van der Waals surface area contributed by atoms with Crippen molar-refractivity contribution in [1.29, 1.82) is 0 Å². The number of hydrogen-bond donors (Lipinski definition) is 0. The summed E-state index contributed by atoms with van der Waals surface area (Å²) in [6, 6.07) is 15.4. The Morgan fingerprint density at radius 3 is 2.74 bits per heavy atom. The predicted molar refractivity (Wildman–Crippen MR) is 122 cm³/mol. The van der Waals surface area contributed by atoms with Gasteiger partial charge in [-0.2, -0.15) is 0 Å². The molecule has 0 radical (unpaired) electrons. The maximum atomic E-state index is 13.1. The summed E-state index contributed by atoms with van der Waals surface area (Å²) in [5, 5.41) is 2.62. The number of rotatable bonds is 8. The second-order valence-electron chi connectivity index (χ2n) is 7.44. The molecule has 1 saturated heterocycles. The molecule has 162 valence electrons. The van der Waals surface area contributed by atoms with Crippen LogP contribution in [0.4, 0.5) is 5.13 Å². The monoisotopic (exact) mass is 438 g/mol. The molecule has 0 saturated carbocycles. The van der Waals surface area contributed by atoms with Gasteiger partial charge in [0.05, 0.1) is 25.5 Å². The lowest BCUT2D eigenvalue weighted by molar-refractivity contribution is -0.120. The zero-order valence-corrected chi connectivity index (χ0v) is 18.6. The zero-order chi connectivity index (χ0) is 21.6. The number of anilines is 1. The van der Waals surface area contributed by atoms with Crippen molar-refractivity contribution < 1.29 is 19.0 Å². The molecule has 1 aliphatic rings. The second kappa shape index (κ2) is 9.94. The van der Waals surface area contributed by atoms with E-state index in [1.165, 1.54) is 11.3 Å². The average molecular weight is 439 g/mol. The third kappa shape index (κ3) is 5.24. The number of benzene rings is 2. The summed E-state index contributed by atoms with van der Waals surface area (Å²) in [5.74, 6) is 1.38. The third-order valence-electron chi connectivity index (χ3n) is 5.26. The molecule has 31 heavy (non-hydrogen) atoms. The molecular weight excluding hydrogens is 412 g/mol. The van der Waals surface area contributed by atoms with Gasteiger partial charge in [-0.15, -0.1) is 11.3 Å². The van der Waals surface area contributed by atoms with E-state index >= 15 is 0 Å². The number of para-hydroxylation sites is 1. The number of carbonyl (C=O) groups is 1. The fourth-order valence-corrected chi connectivity index (χ4v) is 4.36. The van der Waals surface area contributed by atoms with E-state index in [1.54, 1.807) is 12.0 Å². The van der Waals surface area contributed by atoms with Crippen LogP contribution >= 0.6 is 11.3 Å². The van der Waals surface area contributed by atoms with Gasteiger partial charge < -0.3 is 14.2 Å². The molecule has 0 spiro atoms. The van der Waals surface area contributed by atoms with Crippen LogP contribution in [0.2, 0.25) is 0 Å². The zero-order valence-electron chi connectivity index (χ0n) is 17.7.